The number of carbonyl (C=O) groups is 2. The fourth-order valence-corrected chi connectivity index (χ4v) is 2.66. The Morgan fingerprint density at radius 2 is 1.14 bits per heavy atom. The van der Waals surface area contributed by atoms with Crippen molar-refractivity contribution in [2.75, 3.05) is 10.5 Å². The summed E-state index contributed by atoms with van der Waals surface area (Å²) in [6.45, 7) is 8.29. The van der Waals surface area contributed by atoms with Crippen molar-refractivity contribution in [1.29, 1.82) is 0 Å². The van der Waals surface area contributed by atoms with E-state index < -0.39 is 11.9 Å². The van der Waals surface area contributed by atoms with Gasteiger partial charge < -0.3 is 29.6 Å². The molecule has 3 aromatic carbocycles. The molecule has 0 aliphatic rings. The highest BCUT2D eigenvalue weighted by molar-refractivity contribution is 5.83. The predicted molar refractivity (Wildman–Crippen MR) is 129 cm³/mol. The summed E-state index contributed by atoms with van der Waals surface area (Å²) in [5.41, 5.74) is 0.852. The normalized spacial score (nSPS) is 10.0. The van der Waals surface area contributed by atoms with E-state index in [9.17, 15) is 20.0 Å². The number of ether oxygens (including phenoxy) is 2. The Kier molecular flexibility index (Phi) is 8.06. The fraction of sp³-hybridized carbons (Fsp3) is 0.0400. The molecule has 0 aliphatic carbocycles. The molecule has 10 nitrogen and oxygen atoms in total. The summed E-state index contributed by atoms with van der Waals surface area (Å²) in [5, 5.41) is 25.3. The molecule has 0 saturated carbocycles. The van der Waals surface area contributed by atoms with E-state index >= 15 is 0 Å². The summed E-state index contributed by atoms with van der Waals surface area (Å²) < 4.78 is 9.90. The van der Waals surface area contributed by atoms with Crippen LogP contribution < -0.4 is 29.6 Å². The lowest BCUT2D eigenvalue weighted by Crippen LogP contribution is -2.21. The molecular formula is C25H20N2O8-2. The van der Waals surface area contributed by atoms with E-state index in [1.165, 1.54) is 66.7 Å². The zero-order chi connectivity index (χ0) is 25.4. The Morgan fingerprint density at radius 1 is 0.714 bits per heavy atom. The molecule has 10 heteroatoms. The Morgan fingerprint density at radius 3 is 1.57 bits per heavy atom. The van der Waals surface area contributed by atoms with Gasteiger partial charge in [0.05, 0.1) is 11.4 Å². The largest absolute Gasteiger partial charge is 0.724 e. The molecule has 0 radical (unpaired) electrons. The Bertz CT molecular complexity index is 1210. The van der Waals surface area contributed by atoms with Crippen molar-refractivity contribution in [3.05, 3.63) is 108 Å². The molecule has 0 aliphatic heterocycles. The van der Waals surface area contributed by atoms with Gasteiger partial charge in [-0.05, 0) is 79.2 Å². The van der Waals surface area contributed by atoms with E-state index in [1.807, 2.05) is 0 Å². The number of anilines is 2. The van der Waals surface area contributed by atoms with E-state index in [0.717, 1.165) is 12.2 Å². The molecule has 3 rings (SSSR count). The monoisotopic (exact) mass is 476 g/mol. The van der Waals surface area contributed by atoms with Crippen LogP contribution in [0.2, 0.25) is 0 Å². The highest BCUT2D eigenvalue weighted by atomic mass is 16.9. The molecule has 3 aromatic rings. The van der Waals surface area contributed by atoms with Crippen molar-refractivity contribution in [3.8, 4) is 23.0 Å². The Labute approximate surface area is 200 Å². The summed E-state index contributed by atoms with van der Waals surface area (Å²) in [4.78, 5) is 33.1. The molecule has 0 atom stereocenters. The highest BCUT2D eigenvalue weighted by Crippen LogP contribution is 2.28. The third kappa shape index (κ3) is 6.84. The van der Waals surface area contributed by atoms with Gasteiger partial charge in [-0.3, -0.25) is 10.5 Å². The molecule has 180 valence electrons. The average Bonchev–Trinajstić information content (AvgIpc) is 2.86. The molecule has 0 amide bonds. The standard InChI is InChI=1S/C25H20N2O8/c1-4-24(28)32-20-10-6-18(7-11-20)26(30)34-22-14-15-23(17(3)16-22)35-27(31)19-8-12-21(13-9-19)33-25(29)5-2/h4-16H,1-2H2,3H3/q-2. The summed E-state index contributed by atoms with van der Waals surface area (Å²) >= 11 is 0. The van der Waals surface area contributed by atoms with Crippen LogP contribution in [0, 0.1) is 17.3 Å². The number of nitrogens with zero attached hydrogens (tertiary/aromatic N) is 2. The van der Waals surface area contributed by atoms with E-state index in [-0.39, 0.29) is 39.6 Å². The van der Waals surface area contributed by atoms with Gasteiger partial charge in [-0.25, -0.2) is 9.59 Å². The number of hydrogen-bond acceptors (Lipinski definition) is 10. The van der Waals surface area contributed by atoms with Gasteiger partial charge in [0.25, 0.3) is 0 Å². The lowest BCUT2D eigenvalue weighted by Gasteiger charge is -2.31. The van der Waals surface area contributed by atoms with Crippen molar-refractivity contribution >= 4 is 23.3 Å². The van der Waals surface area contributed by atoms with Gasteiger partial charge in [0.1, 0.15) is 11.5 Å². The average molecular weight is 476 g/mol. The minimum Gasteiger partial charge on any atom is -0.724 e. The van der Waals surface area contributed by atoms with E-state index in [4.69, 9.17) is 19.1 Å². The second kappa shape index (κ2) is 11.4. The maximum atomic E-state index is 12.4. The first-order chi connectivity index (χ1) is 16.8. The molecule has 0 aromatic heterocycles. The number of carbonyl (C=O) groups excluding carboxylic acids is 2. The Balaban J connectivity index is 1.60. The van der Waals surface area contributed by atoms with Gasteiger partial charge in [0.15, 0.2) is 11.5 Å². The van der Waals surface area contributed by atoms with Gasteiger partial charge in [0.2, 0.25) is 0 Å². The SMILES string of the molecule is C=CC(=O)Oc1ccc(N([O-])Oc2ccc(ON([O-])c3ccc(OC(=O)C=C)cc3)c(C)c2)cc1. The fourth-order valence-electron chi connectivity index (χ4n) is 2.66. The van der Waals surface area contributed by atoms with Gasteiger partial charge in [-0.15, -0.1) is 0 Å². The zero-order valence-corrected chi connectivity index (χ0v) is 18.6. The topological polar surface area (TPSA) is 124 Å². The van der Waals surface area contributed by atoms with E-state index in [2.05, 4.69) is 13.2 Å². The summed E-state index contributed by atoms with van der Waals surface area (Å²) in [5.74, 6) is -0.293. The van der Waals surface area contributed by atoms with Gasteiger partial charge in [-0.1, -0.05) is 13.2 Å². The first-order valence-corrected chi connectivity index (χ1v) is 10.1. The van der Waals surface area contributed by atoms with Crippen LogP contribution in [0.3, 0.4) is 0 Å². The van der Waals surface area contributed by atoms with Crippen molar-refractivity contribution < 1.29 is 28.7 Å². The van der Waals surface area contributed by atoms with Crippen molar-refractivity contribution in [2.24, 2.45) is 0 Å². The van der Waals surface area contributed by atoms with Crippen LogP contribution in [0.25, 0.3) is 0 Å². The minimum absolute atomic E-state index is 0.161. The predicted octanol–water partition coefficient (Wildman–Crippen LogP) is 4.77. The molecule has 0 heterocycles. The van der Waals surface area contributed by atoms with Crippen LogP contribution >= 0.6 is 0 Å². The van der Waals surface area contributed by atoms with Gasteiger partial charge >= 0.3 is 11.9 Å². The quantitative estimate of drug-likeness (QED) is 0.175. The molecular weight excluding hydrogens is 456 g/mol. The minimum atomic E-state index is -0.617. The molecule has 0 fully saturated rings. The smallest absolute Gasteiger partial charge is 0.335 e. The first kappa shape index (κ1) is 24.8. The number of aryl methyl sites for hydroxylation is 1. The molecule has 35 heavy (non-hydrogen) atoms. The number of benzene rings is 3. The first-order valence-electron chi connectivity index (χ1n) is 10.1. The maximum Gasteiger partial charge on any atom is 0.335 e. The van der Waals surface area contributed by atoms with Crippen LogP contribution in [0.4, 0.5) is 11.4 Å². The zero-order valence-electron chi connectivity index (χ0n) is 18.6. The highest BCUT2D eigenvalue weighted by Gasteiger charge is 2.08. The molecule has 0 saturated heterocycles. The van der Waals surface area contributed by atoms with Crippen LogP contribution in [-0.2, 0) is 9.59 Å². The van der Waals surface area contributed by atoms with Crippen LogP contribution in [-0.4, -0.2) is 11.9 Å². The number of esters is 2. The van der Waals surface area contributed by atoms with Crippen LogP contribution in [0.15, 0.2) is 92.0 Å². The van der Waals surface area contributed by atoms with E-state index in [0.29, 0.717) is 10.8 Å². The van der Waals surface area contributed by atoms with Gasteiger partial charge in [0, 0.05) is 12.2 Å². The molecule has 0 spiro atoms. The molecule has 0 N–H and O–H groups in total. The maximum absolute atomic E-state index is 12.4. The van der Waals surface area contributed by atoms with Crippen molar-refractivity contribution in [2.45, 2.75) is 6.92 Å². The summed E-state index contributed by atoms with van der Waals surface area (Å²) in [6, 6.07) is 15.9. The van der Waals surface area contributed by atoms with Crippen molar-refractivity contribution in [3.63, 3.8) is 0 Å². The third-order valence-electron chi connectivity index (χ3n) is 4.38. The van der Waals surface area contributed by atoms with Crippen molar-refractivity contribution in [1.82, 2.24) is 0 Å². The lowest BCUT2D eigenvalue weighted by atomic mass is 10.2. The molecule has 0 unspecified atom stereocenters. The number of hydrogen-bond donors (Lipinski definition) is 0. The summed E-state index contributed by atoms with van der Waals surface area (Å²) in [6.07, 6.45) is 2.05. The lowest BCUT2D eigenvalue weighted by molar-refractivity contribution is -0.129. The van der Waals surface area contributed by atoms with E-state index in [1.54, 1.807) is 6.92 Å². The number of rotatable bonds is 10. The van der Waals surface area contributed by atoms with Gasteiger partial charge in [-0.2, -0.15) is 0 Å². The second-order valence-corrected chi connectivity index (χ2v) is 6.86. The second-order valence-electron chi connectivity index (χ2n) is 6.86. The molecule has 0 bridgehead atoms. The third-order valence-corrected chi connectivity index (χ3v) is 4.38. The van der Waals surface area contributed by atoms with Crippen LogP contribution in [0.1, 0.15) is 5.56 Å². The Hall–Kier alpha value is -4.80. The summed E-state index contributed by atoms with van der Waals surface area (Å²) in [7, 11) is 0. The van der Waals surface area contributed by atoms with Crippen LogP contribution in [0.5, 0.6) is 23.0 Å².